The molecule has 0 spiro atoms. The van der Waals surface area contributed by atoms with Crippen molar-refractivity contribution in [3.8, 4) is 39.9 Å². The van der Waals surface area contributed by atoms with Gasteiger partial charge in [-0.25, -0.2) is 15.0 Å². The summed E-state index contributed by atoms with van der Waals surface area (Å²) in [7, 11) is 0. The number of benzene rings is 7. The summed E-state index contributed by atoms with van der Waals surface area (Å²) in [5.41, 5.74) is 9.02. The van der Waals surface area contributed by atoms with Crippen molar-refractivity contribution in [3.05, 3.63) is 158 Å². The SMILES string of the molecule is c1ccc(-c2nc(-c3ccccc3)nc(-c3cc(-n4c5ccccc5c5cc6c(cc54)oc4ccccc46)cc4oc5ccccc5c34)n2)cc1. The Kier molecular flexibility index (Phi) is 5.86. The van der Waals surface area contributed by atoms with Gasteiger partial charge in [-0.05, 0) is 30.3 Å². The van der Waals surface area contributed by atoms with Crippen molar-refractivity contribution >= 4 is 65.7 Å². The molecule has 11 rings (SSSR count). The van der Waals surface area contributed by atoms with Crippen LogP contribution in [0.15, 0.2) is 167 Å². The van der Waals surface area contributed by atoms with Crippen LogP contribution in [0.25, 0.3) is 106 Å². The third kappa shape index (κ3) is 4.26. The Labute approximate surface area is 290 Å². The number of nitrogens with zero attached hydrogens (tertiary/aromatic N) is 4. The molecule has 0 aliphatic carbocycles. The normalized spacial score (nSPS) is 11.9. The van der Waals surface area contributed by atoms with Gasteiger partial charge in [0.25, 0.3) is 0 Å². The van der Waals surface area contributed by atoms with Crippen molar-refractivity contribution in [1.82, 2.24) is 19.5 Å². The van der Waals surface area contributed by atoms with E-state index in [2.05, 4.69) is 71.3 Å². The molecule has 0 saturated heterocycles. The van der Waals surface area contributed by atoms with Crippen LogP contribution >= 0.6 is 0 Å². The van der Waals surface area contributed by atoms with Gasteiger partial charge in [0.1, 0.15) is 22.3 Å². The van der Waals surface area contributed by atoms with Crippen LogP contribution in [0.5, 0.6) is 0 Å². The molecule has 4 heterocycles. The zero-order valence-electron chi connectivity index (χ0n) is 27.1. The minimum atomic E-state index is 0.571. The second-order valence-electron chi connectivity index (χ2n) is 12.8. The van der Waals surface area contributed by atoms with Crippen LogP contribution in [0.3, 0.4) is 0 Å². The molecule has 6 nitrogen and oxygen atoms in total. The lowest BCUT2D eigenvalue weighted by Crippen LogP contribution is -2.01. The monoisotopic (exact) mass is 654 g/mol. The average Bonchev–Trinajstić information content (AvgIpc) is 3.86. The van der Waals surface area contributed by atoms with Crippen LogP contribution in [0.4, 0.5) is 0 Å². The van der Waals surface area contributed by atoms with Crippen molar-refractivity contribution < 1.29 is 8.83 Å². The zero-order valence-corrected chi connectivity index (χ0v) is 27.1. The van der Waals surface area contributed by atoms with Gasteiger partial charge in [0.05, 0.1) is 16.7 Å². The number of hydrogen-bond acceptors (Lipinski definition) is 5. The molecule has 7 aromatic carbocycles. The molecule has 0 unspecified atom stereocenters. The van der Waals surface area contributed by atoms with Crippen molar-refractivity contribution in [2.45, 2.75) is 0 Å². The Morgan fingerprint density at radius 1 is 0.373 bits per heavy atom. The Morgan fingerprint density at radius 2 is 0.941 bits per heavy atom. The maximum atomic E-state index is 6.61. The van der Waals surface area contributed by atoms with Crippen LogP contribution in [0, 0.1) is 0 Å². The summed E-state index contributed by atoms with van der Waals surface area (Å²) in [6, 6.07) is 53.8. The predicted octanol–water partition coefficient (Wildman–Crippen LogP) is 11.8. The third-order valence-corrected chi connectivity index (χ3v) is 9.83. The highest BCUT2D eigenvalue weighted by Gasteiger charge is 2.22. The molecule has 0 amide bonds. The van der Waals surface area contributed by atoms with Gasteiger partial charge < -0.3 is 13.4 Å². The minimum Gasteiger partial charge on any atom is -0.456 e. The van der Waals surface area contributed by atoms with E-state index in [1.807, 2.05) is 91.0 Å². The lowest BCUT2D eigenvalue weighted by atomic mass is 10.0. The summed E-state index contributed by atoms with van der Waals surface area (Å²) in [5.74, 6) is 1.78. The molecule has 0 saturated carbocycles. The van der Waals surface area contributed by atoms with E-state index >= 15 is 0 Å². The Balaban J connectivity index is 1.25. The molecule has 4 aromatic heterocycles. The first-order chi connectivity index (χ1) is 25.3. The van der Waals surface area contributed by atoms with Gasteiger partial charge in [-0.2, -0.15) is 0 Å². The number of rotatable bonds is 4. The molecule has 0 fully saturated rings. The standard InChI is InChI=1S/C45H26N4O2/c1-3-13-27(14-4-1)43-46-44(28-15-5-2-6-16-28)48-45(47-43)35-23-29(24-41-42(35)32-19-9-12-22-39(32)51-41)49-36-20-10-7-17-30(36)33-25-34-31-18-8-11-21-38(31)50-40(34)26-37(33)49/h1-26H. The maximum absolute atomic E-state index is 6.61. The Hall–Kier alpha value is -7.05. The molecule has 0 N–H and O–H groups in total. The smallest absolute Gasteiger partial charge is 0.164 e. The fourth-order valence-corrected chi connectivity index (χ4v) is 7.54. The highest BCUT2D eigenvalue weighted by Crippen LogP contribution is 2.42. The van der Waals surface area contributed by atoms with Gasteiger partial charge in [-0.3, -0.25) is 0 Å². The third-order valence-electron chi connectivity index (χ3n) is 9.83. The molecule has 0 radical (unpaired) electrons. The van der Waals surface area contributed by atoms with Crippen LogP contribution in [-0.4, -0.2) is 19.5 Å². The topological polar surface area (TPSA) is 69.9 Å². The molecule has 11 aromatic rings. The van der Waals surface area contributed by atoms with E-state index in [9.17, 15) is 0 Å². The van der Waals surface area contributed by atoms with Crippen LogP contribution in [-0.2, 0) is 0 Å². The lowest BCUT2D eigenvalue weighted by molar-refractivity contribution is 0.668. The summed E-state index contributed by atoms with van der Waals surface area (Å²) >= 11 is 0. The molecule has 0 aliphatic rings. The number of aromatic nitrogens is 4. The molecule has 51 heavy (non-hydrogen) atoms. The molecule has 238 valence electrons. The summed E-state index contributed by atoms with van der Waals surface area (Å²) < 4.78 is 15.3. The highest BCUT2D eigenvalue weighted by atomic mass is 16.3. The molecule has 6 heteroatoms. The van der Waals surface area contributed by atoms with Gasteiger partial charge in [0.2, 0.25) is 0 Å². The average molecular weight is 655 g/mol. The Bertz CT molecular complexity index is 3080. The van der Waals surface area contributed by atoms with E-state index in [1.165, 1.54) is 0 Å². The molecule has 0 aliphatic heterocycles. The van der Waals surface area contributed by atoms with E-state index in [0.29, 0.717) is 17.5 Å². The first-order valence-corrected chi connectivity index (χ1v) is 16.9. The van der Waals surface area contributed by atoms with Crippen LogP contribution in [0.1, 0.15) is 0 Å². The first kappa shape index (κ1) is 27.9. The summed E-state index contributed by atoms with van der Waals surface area (Å²) in [5, 5.41) is 6.47. The molecule has 0 atom stereocenters. The van der Waals surface area contributed by atoms with Crippen molar-refractivity contribution in [1.29, 1.82) is 0 Å². The quantitative estimate of drug-likeness (QED) is 0.189. The number of furan rings is 2. The highest BCUT2D eigenvalue weighted by molar-refractivity contribution is 6.18. The fourth-order valence-electron chi connectivity index (χ4n) is 7.54. The van der Waals surface area contributed by atoms with Crippen molar-refractivity contribution in [2.75, 3.05) is 0 Å². The predicted molar refractivity (Wildman–Crippen MR) is 205 cm³/mol. The first-order valence-electron chi connectivity index (χ1n) is 16.9. The van der Waals surface area contributed by atoms with Crippen molar-refractivity contribution in [2.24, 2.45) is 0 Å². The Morgan fingerprint density at radius 3 is 1.67 bits per heavy atom. The number of fused-ring (bicyclic) bond motifs is 9. The second-order valence-corrected chi connectivity index (χ2v) is 12.8. The summed E-state index contributed by atoms with van der Waals surface area (Å²) in [6.45, 7) is 0. The fraction of sp³-hybridized carbons (Fsp3) is 0. The summed E-state index contributed by atoms with van der Waals surface area (Å²) in [6.07, 6.45) is 0. The van der Waals surface area contributed by atoms with Gasteiger partial charge in [-0.15, -0.1) is 0 Å². The summed E-state index contributed by atoms with van der Waals surface area (Å²) in [4.78, 5) is 15.3. The molecular formula is C45H26N4O2. The van der Waals surface area contributed by atoms with E-state index in [-0.39, 0.29) is 0 Å². The van der Waals surface area contributed by atoms with E-state index < -0.39 is 0 Å². The lowest BCUT2D eigenvalue weighted by Gasteiger charge is -2.13. The van der Waals surface area contributed by atoms with E-state index in [1.54, 1.807) is 0 Å². The molecular weight excluding hydrogens is 629 g/mol. The number of hydrogen-bond donors (Lipinski definition) is 0. The van der Waals surface area contributed by atoms with Crippen LogP contribution < -0.4 is 0 Å². The maximum Gasteiger partial charge on any atom is 0.164 e. The van der Waals surface area contributed by atoms with Gasteiger partial charge >= 0.3 is 0 Å². The van der Waals surface area contributed by atoms with Gasteiger partial charge in [0, 0.05) is 61.1 Å². The van der Waals surface area contributed by atoms with E-state index in [0.717, 1.165) is 88.1 Å². The number of para-hydroxylation sites is 3. The van der Waals surface area contributed by atoms with Crippen LogP contribution in [0.2, 0.25) is 0 Å². The minimum absolute atomic E-state index is 0.571. The largest absolute Gasteiger partial charge is 0.456 e. The van der Waals surface area contributed by atoms with Gasteiger partial charge in [-0.1, -0.05) is 115 Å². The van der Waals surface area contributed by atoms with Gasteiger partial charge in [0.15, 0.2) is 17.5 Å². The van der Waals surface area contributed by atoms with Crippen molar-refractivity contribution in [3.63, 3.8) is 0 Å². The second kappa shape index (κ2) is 10.7. The van der Waals surface area contributed by atoms with E-state index in [4.69, 9.17) is 23.8 Å². The zero-order chi connectivity index (χ0) is 33.5. The molecule has 0 bridgehead atoms.